The Kier molecular flexibility index (Phi) is 4.71. The summed E-state index contributed by atoms with van der Waals surface area (Å²) in [5.74, 6) is -0.387. The molecule has 1 rings (SSSR count). The van der Waals surface area contributed by atoms with E-state index in [2.05, 4.69) is 10.1 Å². The van der Waals surface area contributed by atoms with E-state index in [0.29, 0.717) is 0 Å². The molecular weight excluding hydrogens is 248 g/mol. The molecular formula is C10H11ClN2O4. The van der Waals surface area contributed by atoms with Gasteiger partial charge in [-0.2, -0.15) is 0 Å². The zero-order valence-electron chi connectivity index (χ0n) is 9.10. The number of nitro groups is 1. The number of benzene rings is 1. The summed E-state index contributed by atoms with van der Waals surface area (Å²) in [6.07, 6.45) is 0.125. The van der Waals surface area contributed by atoms with E-state index >= 15 is 0 Å². The number of para-hydroxylation sites is 1. The van der Waals surface area contributed by atoms with E-state index in [1.165, 1.54) is 19.2 Å². The first-order chi connectivity index (χ1) is 8.06. The van der Waals surface area contributed by atoms with Crippen molar-refractivity contribution >= 4 is 28.9 Å². The van der Waals surface area contributed by atoms with Crippen LogP contribution in [0.15, 0.2) is 18.2 Å². The number of nitrogens with zero attached hydrogens (tertiary/aromatic N) is 1. The number of carbonyl (C=O) groups excluding carboxylic acids is 1. The van der Waals surface area contributed by atoms with Gasteiger partial charge in [-0.05, 0) is 12.1 Å². The molecule has 0 amide bonds. The number of nitro benzene ring substituents is 1. The Labute approximate surface area is 103 Å². The maximum atomic E-state index is 10.9. The predicted molar refractivity (Wildman–Crippen MR) is 63.2 cm³/mol. The van der Waals surface area contributed by atoms with E-state index in [1.54, 1.807) is 6.07 Å². The van der Waals surface area contributed by atoms with Gasteiger partial charge in [-0.25, -0.2) is 0 Å². The van der Waals surface area contributed by atoms with Crippen molar-refractivity contribution in [2.24, 2.45) is 0 Å². The van der Waals surface area contributed by atoms with Gasteiger partial charge in [0.1, 0.15) is 10.7 Å². The molecule has 0 heterocycles. The topological polar surface area (TPSA) is 81.5 Å². The molecule has 0 bridgehead atoms. The van der Waals surface area contributed by atoms with Gasteiger partial charge in [0.15, 0.2) is 0 Å². The molecule has 0 aliphatic rings. The molecule has 92 valence electrons. The summed E-state index contributed by atoms with van der Waals surface area (Å²) in [4.78, 5) is 21.1. The van der Waals surface area contributed by atoms with Gasteiger partial charge in [-0.3, -0.25) is 14.9 Å². The quantitative estimate of drug-likeness (QED) is 0.497. The third kappa shape index (κ3) is 3.60. The highest BCUT2D eigenvalue weighted by Gasteiger charge is 2.17. The van der Waals surface area contributed by atoms with Crippen molar-refractivity contribution in [1.82, 2.24) is 0 Å². The van der Waals surface area contributed by atoms with Crippen LogP contribution in [0.4, 0.5) is 11.4 Å². The lowest BCUT2D eigenvalue weighted by atomic mass is 10.2. The average molecular weight is 259 g/mol. The zero-order chi connectivity index (χ0) is 12.8. The van der Waals surface area contributed by atoms with Crippen molar-refractivity contribution < 1.29 is 14.5 Å². The maximum Gasteiger partial charge on any atom is 0.310 e. The number of esters is 1. The molecule has 0 aliphatic carbocycles. The fraction of sp³-hybridized carbons (Fsp3) is 0.300. The molecule has 0 saturated carbocycles. The van der Waals surface area contributed by atoms with Gasteiger partial charge < -0.3 is 10.1 Å². The smallest absolute Gasteiger partial charge is 0.310 e. The molecule has 0 saturated heterocycles. The highest BCUT2D eigenvalue weighted by atomic mass is 35.5. The van der Waals surface area contributed by atoms with Crippen LogP contribution in [0.25, 0.3) is 0 Å². The summed E-state index contributed by atoms with van der Waals surface area (Å²) in [7, 11) is 1.28. The molecule has 0 spiro atoms. The third-order valence-corrected chi connectivity index (χ3v) is 2.35. The Hall–Kier alpha value is -1.82. The van der Waals surface area contributed by atoms with E-state index < -0.39 is 4.92 Å². The Balaban J connectivity index is 2.74. The predicted octanol–water partition coefficient (Wildman–Crippen LogP) is 2.22. The Morgan fingerprint density at radius 2 is 2.29 bits per heavy atom. The Morgan fingerprint density at radius 1 is 1.59 bits per heavy atom. The van der Waals surface area contributed by atoms with Crippen molar-refractivity contribution in [3.8, 4) is 0 Å². The van der Waals surface area contributed by atoms with Crippen LogP contribution in [0.1, 0.15) is 6.42 Å². The Morgan fingerprint density at radius 3 is 2.88 bits per heavy atom. The van der Waals surface area contributed by atoms with Crippen LogP contribution in [0.2, 0.25) is 5.02 Å². The molecule has 0 aromatic heterocycles. The van der Waals surface area contributed by atoms with E-state index in [1.807, 2.05) is 0 Å². The minimum Gasteiger partial charge on any atom is -0.469 e. The average Bonchev–Trinajstić information content (AvgIpc) is 2.28. The van der Waals surface area contributed by atoms with Crippen LogP contribution in [0, 0.1) is 10.1 Å². The lowest BCUT2D eigenvalue weighted by molar-refractivity contribution is -0.383. The van der Waals surface area contributed by atoms with Gasteiger partial charge in [0.2, 0.25) is 0 Å². The lowest BCUT2D eigenvalue weighted by Crippen LogP contribution is -2.10. The molecule has 1 aromatic carbocycles. The van der Waals surface area contributed by atoms with Crippen LogP contribution < -0.4 is 5.32 Å². The number of carbonyl (C=O) groups is 1. The van der Waals surface area contributed by atoms with Crippen LogP contribution in [0.5, 0.6) is 0 Å². The van der Waals surface area contributed by atoms with Crippen molar-refractivity contribution in [3.63, 3.8) is 0 Å². The molecule has 0 unspecified atom stereocenters. The molecule has 1 N–H and O–H groups in total. The van der Waals surface area contributed by atoms with Gasteiger partial charge in [0, 0.05) is 6.54 Å². The number of hydrogen-bond acceptors (Lipinski definition) is 5. The SMILES string of the molecule is COC(=O)CCNc1cccc(Cl)c1[N+](=O)[O-]. The van der Waals surface area contributed by atoms with Crippen LogP contribution >= 0.6 is 11.6 Å². The summed E-state index contributed by atoms with van der Waals surface area (Å²) >= 11 is 5.72. The molecule has 0 aliphatic heterocycles. The third-order valence-electron chi connectivity index (χ3n) is 2.04. The molecule has 0 fully saturated rings. The van der Waals surface area contributed by atoms with Gasteiger partial charge >= 0.3 is 11.7 Å². The molecule has 0 atom stereocenters. The molecule has 17 heavy (non-hydrogen) atoms. The second-order valence-electron chi connectivity index (χ2n) is 3.15. The van der Waals surface area contributed by atoms with Crippen LogP contribution in [0.3, 0.4) is 0 Å². The highest BCUT2D eigenvalue weighted by molar-refractivity contribution is 6.33. The number of halogens is 1. The summed E-state index contributed by atoms with van der Waals surface area (Å²) in [5.41, 5.74) is 0.0884. The fourth-order valence-corrected chi connectivity index (χ4v) is 1.49. The summed E-state index contributed by atoms with van der Waals surface area (Å²) in [6.45, 7) is 0.244. The first kappa shape index (κ1) is 13.2. The summed E-state index contributed by atoms with van der Waals surface area (Å²) in [6, 6.07) is 4.56. The van der Waals surface area contributed by atoms with E-state index in [-0.39, 0.29) is 35.3 Å². The highest BCUT2D eigenvalue weighted by Crippen LogP contribution is 2.32. The minimum atomic E-state index is -0.567. The molecule has 6 nitrogen and oxygen atoms in total. The van der Waals surface area contributed by atoms with Crippen molar-refractivity contribution in [1.29, 1.82) is 0 Å². The van der Waals surface area contributed by atoms with Crippen molar-refractivity contribution in [2.45, 2.75) is 6.42 Å². The number of nitrogens with one attached hydrogen (secondary N) is 1. The number of hydrogen-bond donors (Lipinski definition) is 1. The van der Waals surface area contributed by atoms with Gasteiger partial charge in [-0.15, -0.1) is 0 Å². The van der Waals surface area contributed by atoms with Crippen LogP contribution in [-0.2, 0) is 9.53 Å². The van der Waals surface area contributed by atoms with Gasteiger partial charge in [-0.1, -0.05) is 17.7 Å². The van der Waals surface area contributed by atoms with Gasteiger partial charge in [0.25, 0.3) is 0 Å². The summed E-state index contributed by atoms with van der Waals surface area (Å²) < 4.78 is 4.45. The minimum absolute atomic E-state index is 0.0538. The lowest BCUT2D eigenvalue weighted by Gasteiger charge is -2.06. The van der Waals surface area contributed by atoms with Crippen molar-refractivity contribution in [3.05, 3.63) is 33.3 Å². The number of ether oxygens (including phenoxy) is 1. The normalized spacial score (nSPS) is 9.76. The van der Waals surface area contributed by atoms with E-state index in [0.717, 1.165) is 0 Å². The maximum absolute atomic E-state index is 10.9. The second-order valence-corrected chi connectivity index (χ2v) is 3.55. The second kappa shape index (κ2) is 6.05. The van der Waals surface area contributed by atoms with E-state index in [9.17, 15) is 14.9 Å². The fourth-order valence-electron chi connectivity index (χ4n) is 1.24. The largest absolute Gasteiger partial charge is 0.469 e. The molecule has 0 radical (unpaired) electrons. The van der Waals surface area contributed by atoms with Crippen molar-refractivity contribution in [2.75, 3.05) is 19.0 Å². The first-order valence-electron chi connectivity index (χ1n) is 4.80. The Bertz CT molecular complexity index is 436. The standard InChI is InChI=1S/C10H11ClN2O4/c1-17-9(14)5-6-12-8-4-2-3-7(11)10(8)13(15)16/h2-4,12H,5-6H2,1H3. The number of methoxy groups -OCH3 is 1. The molecule has 1 aromatic rings. The number of rotatable bonds is 5. The summed E-state index contributed by atoms with van der Waals surface area (Å²) in [5, 5.41) is 13.6. The van der Waals surface area contributed by atoms with Gasteiger partial charge in [0.05, 0.1) is 18.5 Å². The monoisotopic (exact) mass is 258 g/mol. The first-order valence-corrected chi connectivity index (χ1v) is 5.17. The zero-order valence-corrected chi connectivity index (χ0v) is 9.86. The molecule has 7 heteroatoms. The number of anilines is 1. The van der Waals surface area contributed by atoms with Crippen LogP contribution in [-0.4, -0.2) is 24.5 Å². The van der Waals surface area contributed by atoms with E-state index in [4.69, 9.17) is 11.6 Å².